The number of aromatic nitrogens is 3. The summed E-state index contributed by atoms with van der Waals surface area (Å²) in [5.41, 5.74) is 2.50. The molecular formula is C19H15FN4OS. The van der Waals surface area contributed by atoms with Crippen molar-refractivity contribution in [3.8, 4) is 5.13 Å². The molecular weight excluding hydrogens is 351 g/mol. The van der Waals surface area contributed by atoms with E-state index in [0.29, 0.717) is 22.0 Å². The highest BCUT2D eigenvalue weighted by Crippen LogP contribution is 2.28. The van der Waals surface area contributed by atoms with E-state index in [0.717, 1.165) is 16.0 Å². The SMILES string of the molecule is Cc1cc(NC(=O)c2ccccc2C)n(-c2nc3c(F)cccc3s2)n1. The Bertz CT molecular complexity index is 1130. The summed E-state index contributed by atoms with van der Waals surface area (Å²) in [6, 6.07) is 14.0. The van der Waals surface area contributed by atoms with E-state index in [9.17, 15) is 9.18 Å². The molecule has 1 N–H and O–H groups in total. The van der Waals surface area contributed by atoms with Gasteiger partial charge in [0.2, 0.25) is 5.13 Å². The lowest BCUT2D eigenvalue weighted by Crippen LogP contribution is -2.16. The van der Waals surface area contributed by atoms with Crippen LogP contribution in [0.3, 0.4) is 0 Å². The first-order valence-corrected chi connectivity index (χ1v) is 8.83. The minimum absolute atomic E-state index is 0.225. The second-order valence-corrected chi connectivity index (χ2v) is 6.94. The van der Waals surface area contributed by atoms with E-state index in [4.69, 9.17) is 0 Å². The third-order valence-electron chi connectivity index (χ3n) is 4.00. The van der Waals surface area contributed by atoms with Gasteiger partial charge in [0.05, 0.1) is 10.4 Å². The number of thiazole rings is 1. The van der Waals surface area contributed by atoms with Crippen molar-refractivity contribution in [2.75, 3.05) is 5.32 Å². The van der Waals surface area contributed by atoms with Gasteiger partial charge < -0.3 is 5.32 Å². The van der Waals surface area contributed by atoms with Crippen molar-refractivity contribution >= 4 is 33.3 Å². The van der Waals surface area contributed by atoms with Crippen LogP contribution in [0.1, 0.15) is 21.6 Å². The lowest BCUT2D eigenvalue weighted by molar-refractivity contribution is 0.102. The molecule has 2 aromatic heterocycles. The first-order chi connectivity index (χ1) is 12.5. The quantitative estimate of drug-likeness (QED) is 0.581. The van der Waals surface area contributed by atoms with Gasteiger partial charge >= 0.3 is 0 Å². The largest absolute Gasteiger partial charge is 0.306 e. The molecule has 4 aromatic rings. The normalized spacial score (nSPS) is 11.0. The molecule has 0 aliphatic carbocycles. The van der Waals surface area contributed by atoms with Gasteiger partial charge in [-0.3, -0.25) is 4.79 Å². The van der Waals surface area contributed by atoms with Crippen molar-refractivity contribution in [1.82, 2.24) is 14.8 Å². The predicted octanol–water partition coefficient (Wildman–Crippen LogP) is 4.49. The number of hydrogen-bond donors (Lipinski definition) is 1. The second kappa shape index (κ2) is 6.34. The summed E-state index contributed by atoms with van der Waals surface area (Å²) >= 11 is 1.32. The molecule has 2 heterocycles. The van der Waals surface area contributed by atoms with Crippen LogP contribution in [0.15, 0.2) is 48.5 Å². The number of rotatable bonds is 3. The molecule has 0 aliphatic heterocycles. The van der Waals surface area contributed by atoms with Gasteiger partial charge in [0.1, 0.15) is 17.2 Å². The molecule has 7 heteroatoms. The van der Waals surface area contributed by atoms with E-state index in [1.165, 1.54) is 22.1 Å². The maximum atomic E-state index is 13.9. The third kappa shape index (κ3) is 2.86. The van der Waals surface area contributed by atoms with E-state index in [-0.39, 0.29) is 11.7 Å². The summed E-state index contributed by atoms with van der Waals surface area (Å²) in [6.45, 7) is 3.71. The molecule has 0 radical (unpaired) electrons. The fourth-order valence-electron chi connectivity index (χ4n) is 2.74. The number of nitrogens with zero attached hydrogens (tertiary/aromatic N) is 3. The molecule has 0 unspecified atom stereocenters. The molecule has 0 saturated carbocycles. The number of carbonyl (C=O) groups excluding carboxylic acids is 1. The van der Waals surface area contributed by atoms with Gasteiger partial charge in [0.15, 0.2) is 0 Å². The average molecular weight is 366 g/mol. The highest BCUT2D eigenvalue weighted by atomic mass is 32.1. The van der Waals surface area contributed by atoms with Crippen LogP contribution < -0.4 is 5.32 Å². The highest BCUT2D eigenvalue weighted by molar-refractivity contribution is 7.20. The summed E-state index contributed by atoms with van der Waals surface area (Å²) in [4.78, 5) is 17.0. The number of amides is 1. The van der Waals surface area contributed by atoms with Crippen LogP contribution in [0, 0.1) is 19.7 Å². The zero-order valence-corrected chi connectivity index (χ0v) is 15.0. The lowest BCUT2D eigenvalue weighted by atomic mass is 10.1. The molecule has 0 bridgehead atoms. The summed E-state index contributed by atoms with van der Waals surface area (Å²) in [6.07, 6.45) is 0. The number of para-hydroxylation sites is 1. The molecule has 0 saturated heterocycles. The zero-order chi connectivity index (χ0) is 18.3. The van der Waals surface area contributed by atoms with Gasteiger partial charge in [-0.15, -0.1) is 0 Å². The Morgan fingerprint density at radius 2 is 1.96 bits per heavy atom. The lowest BCUT2D eigenvalue weighted by Gasteiger charge is -2.08. The Kier molecular flexibility index (Phi) is 4.00. The van der Waals surface area contributed by atoms with E-state index in [2.05, 4.69) is 15.4 Å². The van der Waals surface area contributed by atoms with E-state index in [1.54, 1.807) is 18.2 Å². The van der Waals surface area contributed by atoms with Gasteiger partial charge in [-0.2, -0.15) is 9.78 Å². The molecule has 0 aliphatic rings. The van der Waals surface area contributed by atoms with Gasteiger partial charge in [0, 0.05) is 11.6 Å². The van der Waals surface area contributed by atoms with E-state index < -0.39 is 0 Å². The molecule has 26 heavy (non-hydrogen) atoms. The maximum absolute atomic E-state index is 13.9. The molecule has 2 aromatic carbocycles. The second-order valence-electron chi connectivity index (χ2n) is 5.93. The molecule has 0 fully saturated rings. The van der Waals surface area contributed by atoms with Crippen molar-refractivity contribution < 1.29 is 9.18 Å². The molecule has 1 amide bonds. The summed E-state index contributed by atoms with van der Waals surface area (Å²) in [5, 5.41) is 7.78. The Morgan fingerprint density at radius 1 is 1.15 bits per heavy atom. The Labute approximate surface area is 153 Å². The number of halogens is 1. The predicted molar refractivity (Wildman–Crippen MR) is 101 cm³/mol. The minimum atomic E-state index is -0.376. The minimum Gasteiger partial charge on any atom is -0.306 e. The van der Waals surface area contributed by atoms with Gasteiger partial charge in [-0.1, -0.05) is 35.6 Å². The standard InChI is InChI=1S/C19H15FN4OS/c1-11-6-3-4-7-13(11)18(25)21-16-10-12(2)23-24(16)19-22-17-14(20)8-5-9-15(17)26-19/h3-10H,1-2H3,(H,21,25). The average Bonchev–Trinajstić information content (AvgIpc) is 3.19. The first-order valence-electron chi connectivity index (χ1n) is 8.02. The Hall–Kier alpha value is -3.06. The van der Waals surface area contributed by atoms with Crippen LogP contribution in [0.2, 0.25) is 0 Å². The van der Waals surface area contributed by atoms with Crippen molar-refractivity contribution in [3.63, 3.8) is 0 Å². The monoisotopic (exact) mass is 366 g/mol. The third-order valence-corrected chi connectivity index (χ3v) is 5.00. The van der Waals surface area contributed by atoms with Gasteiger partial charge in [-0.05, 0) is 37.6 Å². The number of aryl methyl sites for hydroxylation is 2. The van der Waals surface area contributed by atoms with Gasteiger partial charge in [-0.25, -0.2) is 9.37 Å². The van der Waals surface area contributed by atoms with Crippen LogP contribution in [0.5, 0.6) is 0 Å². The van der Waals surface area contributed by atoms with Gasteiger partial charge in [0.25, 0.3) is 5.91 Å². The Balaban J connectivity index is 1.74. The molecule has 130 valence electrons. The van der Waals surface area contributed by atoms with Crippen LogP contribution >= 0.6 is 11.3 Å². The molecule has 0 atom stereocenters. The van der Waals surface area contributed by atoms with Crippen LogP contribution in [-0.2, 0) is 0 Å². The van der Waals surface area contributed by atoms with E-state index in [1.807, 2.05) is 38.1 Å². The molecule has 4 rings (SSSR count). The fraction of sp³-hybridized carbons (Fsp3) is 0.105. The van der Waals surface area contributed by atoms with Crippen LogP contribution in [0.25, 0.3) is 15.3 Å². The Morgan fingerprint density at radius 3 is 2.73 bits per heavy atom. The van der Waals surface area contributed by atoms with Crippen LogP contribution in [-0.4, -0.2) is 20.7 Å². The smallest absolute Gasteiger partial charge is 0.257 e. The van der Waals surface area contributed by atoms with E-state index >= 15 is 0 Å². The summed E-state index contributed by atoms with van der Waals surface area (Å²) in [7, 11) is 0. The number of carbonyl (C=O) groups is 1. The number of hydrogen-bond acceptors (Lipinski definition) is 4. The topological polar surface area (TPSA) is 59.8 Å². The van der Waals surface area contributed by atoms with Crippen LogP contribution in [0.4, 0.5) is 10.2 Å². The van der Waals surface area contributed by atoms with Crippen molar-refractivity contribution in [2.24, 2.45) is 0 Å². The number of fused-ring (bicyclic) bond motifs is 1. The zero-order valence-electron chi connectivity index (χ0n) is 14.2. The fourth-order valence-corrected chi connectivity index (χ4v) is 3.69. The number of anilines is 1. The number of nitrogens with one attached hydrogen (secondary N) is 1. The molecule has 0 spiro atoms. The highest BCUT2D eigenvalue weighted by Gasteiger charge is 2.17. The van der Waals surface area contributed by atoms with Crippen molar-refractivity contribution in [1.29, 1.82) is 0 Å². The first kappa shape index (κ1) is 16.4. The maximum Gasteiger partial charge on any atom is 0.257 e. The summed E-state index contributed by atoms with van der Waals surface area (Å²) < 4.78 is 16.2. The summed E-state index contributed by atoms with van der Waals surface area (Å²) in [5.74, 6) is -0.105. The number of benzene rings is 2. The van der Waals surface area contributed by atoms with Crippen molar-refractivity contribution in [3.05, 3.63) is 71.2 Å². The van der Waals surface area contributed by atoms with Crippen molar-refractivity contribution in [2.45, 2.75) is 13.8 Å². The molecule has 5 nitrogen and oxygen atoms in total.